The molecule has 88 valence electrons. The van der Waals surface area contributed by atoms with E-state index < -0.39 is 0 Å². The molecule has 0 saturated heterocycles. The number of hydrogen-bond donors (Lipinski definition) is 2. The smallest absolute Gasteiger partial charge is 0.0741 e. The first-order valence-electron chi connectivity index (χ1n) is 6.33. The third kappa shape index (κ3) is 2.76. The van der Waals surface area contributed by atoms with Gasteiger partial charge in [0.1, 0.15) is 0 Å². The molecular formula is C14H21NO. The highest BCUT2D eigenvalue weighted by Gasteiger charge is 2.22. The molecule has 16 heavy (non-hydrogen) atoms. The van der Waals surface area contributed by atoms with Gasteiger partial charge in [-0.1, -0.05) is 31.9 Å². The standard InChI is InChI=1S/C14H21NO/c1-2-11-6-5-7-12(10-11)15-13-8-3-4-9-14(13)16/h5-7,10,13-16H,2-4,8-9H2,1H3/t13-,14-/m1/s1. The highest BCUT2D eigenvalue weighted by molar-refractivity contribution is 5.46. The van der Waals surface area contributed by atoms with Crippen molar-refractivity contribution in [3.63, 3.8) is 0 Å². The third-order valence-electron chi connectivity index (χ3n) is 3.42. The summed E-state index contributed by atoms with van der Waals surface area (Å²) in [5, 5.41) is 13.3. The van der Waals surface area contributed by atoms with Crippen LogP contribution in [0.25, 0.3) is 0 Å². The van der Waals surface area contributed by atoms with Crippen LogP contribution in [0.15, 0.2) is 24.3 Å². The van der Waals surface area contributed by atoms with Crippen molar-refractivity contribution in [1.82, 2.24) is 0 Å². The molecule has 0 radical (unpaired) electrons. The lowest BCUT2D eigenvalue weighted by Gasteiger charge is -2.29. The van der Waals surface area contributed by atoms with Crippen molar-refractivity contribution < 1.29 is 5.11 Å². The Balaban J connectivity index is 2.01. The van der Waals surface area contributed by atoms with Crippen molar-refractivity contribution in [3.8, 4) is 0 Å². The van der Waals surface area contributed by atoms with Crippen molar-refractivity contribution in [1.29, 1.82) is 0 Å². The fourth-order valence-electron chi connectivity index (χ4n) is 2.37. The van der Waals surface area contributed by atoms with E-state index >= 15 is 0 Å². The number of hydrogen-bond acceptors (Lipinski definition) is 2. The molecule has 0 aromatic heterocycles. The van der Waals surface area contributed by atoms with Gasteiger partial charge in [0.25, 0.3) is 0 Å². The Kier molecular flexibility index (Phi) is 3.83. The summed E-state index contributed by atoms with van der Waals surface area (Å²) in [6, 6.07) is 8.72. The summed E-state index contributed by atoms with van der Waals surface area (Å²) in [6.45, 7) is 2.16. The molecule has 0 heterocycles. The Morgan fingerprint density at radius 3 is 2.88 bits per heavy atom. The Labute approximate surface area is 97.7 Å². The zero-order chi connectivity index (χ0) is 11.4. The summed E-state index contributed by atoms with van der Waals surface area (Å²) < 4.78 is 0. The number of rotatable bonds is 3. The maximum Gasteiger partial charge on any atom is 0.0741 e. The molecule has 1 aliphatic rings. The van der Waals surface area contributed by atoms with Crippen molar-refractivity contribution >= 4 is 5.69 Å². The van der Waals surface area contributed by atoms with Crippen LogP contribution in [0.2, 0.25) is 0 Å². The predicted molar refractivity (Wildman–Crippen MR) is 67.7 cm³/mol. The first kappa shape index (κ1) is 11.5. The van der Waals surface area contributed by atoms with Gasteiger partial charge in [-0.2, -0.15) is 0 Å². The number of aliphatic hydroxyl groups excluding tert-OH is 1. The number of aryl methyl sites for hydroxylation is 1. The molecule has 1 fully saturated rings. The SMILES string of the molecule is CCc1cccc(N[C@@H]2CCCC[C@H]2O)c1. The molecule has 1 aliphatic carbocycles. The van der Waals surface area contributed by atoms with Gasteiger partial charge in [0.05, 0.1) is 12.1 Å². The fourth-order valence-corrected chi connectivity index (χ4v) is 2.37. The molecule has 2 atom stereocenters. The normalized spacial score (nSPS) is 25.4. The Hall–Kier alpha value is -1.02. The molecule has 2 heteroatoms. The molecule has 1 aromatic carbocycles. The van der Waals surface area contributed by atoms with Gasteiger partial charge in [0.2, 0.25) is 0 Å². The van der Waals surface area contributed by atoms with Gasteiger partial charge in [0, 0.05) is 5.69 Å². The summed E-state index contributed by atoms with van der Waals surface area (Å²) >= 11 is 0. The van der Waals surface area contributed by atoms with Crippen LogP contribution in [-0.4, -0.2) is 17.3 Å². The van der Waals surface area contributed by atoms with Crippen LogP contribution in [0.3, 0.4) is 0 Å². The molecule has 2 rings (SSSR count). The first-order chi connectivity index (χ1) is 7.79. The highest BCUT2D eigenvalue weighted by Crippen LogP contribution is 2.22. The van der Waals surface area contributed by atoms with Gasteiger partial charge in [-0.3, -0.25) is 0 Å². The van der Waals surface area contributed by atoms with Gasteiger partial charge in [-0.15, -0.1) is 0 Å². The van der Waals surface area contributed by atoms with E-state index in [1.807, 2.05) is 0 Å². The predicted octanol–water partition coefficient (Wildman–Crippen LogP) is 2.96. The van der Waals surface area contributed by atoms with E-state index in [4.69, 9.17) is 0 Å². The van der Waals surface area contributed by atoms with Crippen LogP contribution in [-0.2, 0) is 6.42 Å². The van der Waals surface area contributed by atoms with E-state index in [1.54, 1.807) is 0 Å². The largest absolute Gasteiger partial charge is 0.391 e. The molecule has 0 spiro atoms. The molecular weight excluding hydrogens is 198 g/mol. The van der Waals surface area contributed by atoms with E-state index in [1.165, 1.54) is 12.0 Å². The van der Waals surface area contributed by atoms with E-state index in [0.717, 1.165) is 31.4 Å². The molecule has 2 N–H and O–H groups in total. The lowest BCUT2D eigenvalue weighted by molar-refractivity contribution is 0.116. The lowest BCUT2D eigenvalue weighted by atomic mass is 9.92. The molecule has 1 saturated carbocycles. The van der Waals surface area contributed by atoms with Crippen LogP contribution >= 0.6 is 0 Å². The molecule has 0 aliphatic heterocycles. The van der Waals surface area contributed by atoms with Gasteiger partial charge >= 0.3 is 0 Å². The average molecular weight is 219 g/mol. The van der Waals surface area contributed by atoms with Gasteiger partial charge in [-0.05, 0) is 37.0 Å². The lowest BCUT2D eigenvalue weighted by Crippen LogP contribution is -2.36. The van der Waals surface area contributed by atoms with Gasteiger partial charge in [-0.25, -0.2) is 0 Å². The molecule has 2 nitrogen and oxygen atoms in total. The maximum atomic E-state index is 9.89. The summed E-state index contributed by atoms with van der Waals surface area (Å²) in [5.41, 5.74) is 2.49. The van der Waals surface area contributed by atoms with Gasteiger partial charge < -0.3 is 10.4 Å². The second-order valence-corrected chi connectivity index (χ2v) is 4.66. The van der Waals surface area contributed by atoms with E-state index in [2.05, 4.69) is 36.5 Å². The van der Waals surface area contributed by atoms with E-state index in [0.29, 0.717) is 0 Å². The second-order valence-electron chi connectivity index (χ2n) is 4.66. The average Bonchev–Trinajstić information content (AvgIpc) is 2.32. The highest BCUT2D eigenvalue weighted by atomic mass is 16.3. The quantitative estimate of drug-likeness (QED) is 0.819. The Morgan fingerprint density at radius 1 is 1.31 bits per heavy atom. The first-order valence-corrected chi connectivity index (χ1v) is 6.33. The van der Waals surface area contributed by atoms with Crippen molar-refractivity contribution in [2.75, 3.05) is 5.32 Å². The number of aliphatic hydroxyl groups is 1. The summed E-state index contributed by atoms with van der Waals surface area (Å²) in [7, 11) is 0. The van der Waals surface area contributed by atoms with Crippen LogP contribution in [0, 0.1) is 0 Å². The summed E-state index contributed by atoms with van der Waals surface area (Å²) in [5.74, 6) is 0. The minimum absolute atomic E-state index is 0.181. The van der Waals surface area contributed by atoms with Crippen LogP contribution in [0.4, 0.5) is 5.69 Å². The van der Waals surface area contributed by atoms with Gasteiger partial charge in [0.15, 0.2) is 0 Å². The molecule has 1 aromatic rings. The van der Waals surface area contributed by atoms with Crippen molar-refractivity contribution in [2.24, 2.45) is 0 Å². The number of anilines is 1. The number of benzene rings is 1. The summed E-state index contributed by atoms with van der Waals surface area (Å²) in [6.07, 6.45) is 5.28. The minimum atomic E-state index is -0.181. The Morgan fingerprint density at radius 2 is 2.12 bits per heavy atom. The van der Waals surface area contributed by atoms with E-state index in [9.17, 15) is 5.11 Å². The van der Waals surface area contributed by atoms with Crippen LogP contribution in [0.1, 0.15) is 38.2 Å². The van der Waals surface area contributed by atoms with Crippen LogP contribution in [0.5, 0.6) is 0 Å². The zero-order valence-electron chi connectivity index (χ0n) is 9.95. The molecule has 0 amide bonds. The molecule has 0 bridgehead atoms. The van der Waals surface area contributed by atoms with Crippen molar-refractivity contribution in [3.05, 3.63) is 29.8 Å². The topological polar surface area (TPSA) is 32.3 Å². The summed E-state index contributed by atoms with van der Waals surface area (Å²) in [4.78, 5) is 0. The minimum Gasteiger partial charge on any atom is -0.391 e. The molecule has 0 unspecified atom stereocenters. The monoisotopic (exact) mass is 219 g/mol. The van der Waals surface area contributed by atoms with E-state index in [-0.39, 0.29) is 12.1 Å². The zero-order valence-corrected chi connectivity index (χ0v) is 9.95. The maximum absolute atomic E-state index is 9.89. The van der Waals surface area contributed by atoms with Crippen LogP contribution < -0.4 is 5.32 Å². The Bertz CT molecular complexity index is 337. The fraction of sp³-hybridized carbons (Fsp3) is 0.571. The number of nitrogens with one attached hydrogen (secondary N) is 1. The second kappa shape index (κ2) is 5.35. The third-order valence-corrected chi connectivity index (χ3v) is 3.42. The van der Waals surface area contributed by atoms with Crippen molar-refractivity contribution in [2.45, 2.75) is 51.2 Å².